The molecule has 1 unspecified atom stereocenters. The number of hydrogen-bond donors (Lipinski definition) is 2. The van der Waals surface area contributed by atoms with E-state index in [2.05, 4.69) is 10.3 Å². The van der Waals surface area contributed by atoms with Crippen molar-refractivity contribution in [2.24, 2.45) is 0 Å². The number of imidazole rings is 1. The molecular weight excluding hydrogens is 330 g/mol. The summed E-state index contributed by atoms with van der Waals surface area (Å²) in [6, 6.07) is 0. The Hall–Kier alpha value is -1.02. The second kappa shape index (κ2) is 6.00. The Morgan fingerprint density at radius 1 is 1.67 bits per heavy atom. The largest absolute Gasteiger partial charge is 0.387 e. The number of thiazole rings is 1. The van der Waals surface area contributed by atoms with Crippen molar-refractivity contribution in [1.82, 2.24) is 14.7 Å². The fourth-order valence-corrected chi connectivity index (χ4v) is 4.43. The van der Waals surface area contributed by atoms with Crippen molar-refractivity contribution in [1.29, 1.82) is 0 Å². The first kappa shape index (κ1) is 14.9. The SMILES string of the molecule is O=C(C=Cc1c(Cl)nc2sccn12)NCC1(O)CCSC1. The van der Waals surface area contributed by atoms with Crippen molar-refractivity contribution in [3.8, 4) is 0 Å². The molecule has 1 atom stereocenters. The first-order valence-corrected chi connectivity index (χ1v) is 8.86. The number of fused-ring (bicyclic) bond motifs is 1. The van der Waals surface area contributed by atoms with Gasteiger partial charge in [-0.3, -0.25) is 9.20 Å². The third-order valence-electron chi connectivity index (χ3n) is 3.32. The molecule has 0 spiro atoms. The zero-order chi connectivity index (χ0) is 14.9. The molecule has 2 N–H and O–H groups in total. The number of hydrogen-bond acceptors (Lipinski definition) is 5. The van der Waals surface area contributed by atoms with Crippen LogP contribution in [0, 0.1) is 0 Å². The third kappa shape index (κ3) is 3.26. The standard InChI is InChI=1S/C13H14ClN3O2S2/c14-11-9(17-4-6-21-12(17)16-11)1-2-10(18)15-7-13(19)3-5-20-8-13/h1-2,4,6,19H,3,5,7-8H2,(H,15,18). The average molecular weight is 344 g/mol. The topological polar surface area (TPSA) is 66.6 Å². The Bertz CT molecular complexity index is 689. The van der Waals surface area contributed by atoms with E-state index in [9.17, 15) is 9.90 Å². The van der Waals surface area contributed by atoms with Crippen LogP contribution in [-0.4, -0.2) is 44.0 Å². The van der Waals surface area contributed by atoms with Crippen LogP contribution in [0.1, 0.15) is 12.1 Å². The highest BCUT2D eigenvalue weighted by atomic mass is 35.5. The lowest BCUT2D eigenvalue weighted by molar-refractivity contribution is -0.117. The summed E-state index contributed by atoms with van der Waals surface area (Å²) in [5.41, 5.74) is -0.0959. The monoisotopic (exact) mass is 343 g/mol. The summed E-state index contributed by atoms with van der Waals surface area (Å²) in [4.78, 5) is 16.8. The highest BCUT2D eigenvalue weighted by molar-refractivity contribution is 7.99. The molecule has 8 heteroatoms. The van der Waals surface area contributed by atoms with Crippen LogP contribution in [0.4, 0.5) is 0 Å². The van der Waals surface area contributed by atoms with Crippen LogP contribution < -0.4 is 5.32 Å². The minimum Gasteiger partial charge on any atom is -0.387 e. The van der Waals surface area contributed by atoms with Crippen LogP contribution in [0.5, 0.6) is 0 Å². The number of halogens is 1. The van der Waals surface area contributed by atoms with Gasteiger partial charge in [0.15, 0.2) is 10.1 Å². The maximum absolute atomic E-state index is 11.8. The number of rotatable bonds is 4. The van der Waals surface area contributed by atoms with Crippen molar-refractivity contribution in [2.45, 2.75) is 12.0 Å². The highest BCUT2D eigenvalue weighted by Gasteiger charge is 2.31. The fourth-order valence-electron chi connectivity index (χ4n) is 2.13. The molecule has 0 radical (unpaired) electrons. The van der Waals surface area contributed by atoms with Gasteiger partial charge in [-0.1, -0.05) is 11.6 Å². The Kier molecular flexibility index (Phi) is 4.26. The van der Waals surface area contributed by atoms with Gasteiger partial charge >= 0.3 is 0 Å². The summed E-state index contributed by atoms with van der Waals surface area (Å²) in [6.07, 6.45) is 5.62. The Morgan fingerprint density at radius 2 is 2.52 bits per heavy atom. The van der Waals surface area contributed by atoms with Crippen LogP contribution in [-0.2, 0) is 4.79 Å². The van der Waals surface area contributed by atoms with Crippen LogP contribution in [0.25, 0.3) is 11.0 Å². The lowest BCUT2D eigenvalue weighted by Crippen LogP contribution is -2.42. The minimum absolute atomic E-state index is 0.249. The molecule has 5 nitrogen and oxygen atoms in total. The van der Waals surface area contributed by atoms with Crippen LogP contribution in [0.2, 0.25) is 5.15 Å². The van der Waals surface area contributed by atoms with Crippen molar-refractivity contribution in [3.63, 3.8) is 0 Å². The summed E-state index contributed by atoms with van der Waals surface area (Å²) in [7, 11) is 0. The smallest absolute Gasteiger partial charge is 0.244 e. The zero-order valence-corrected chi connectivity index (χ0v) is 13.5. The molecule has 3 rings (SSSR count). The van der Waals surface area contributed by atoms with E-state index in [1.54, 1.807) is 17.8 Å². The Labute approximate surface area is 135 Å². The van der Waals surface area contributed by atoms with E-state index in [0.29, 0.717) is 23.0 Å². The normalized spacial score (nSPS) is 22.4. The average Bonchev–Trinajstić information content (AvgIpc) is 3.12. The van der Waals surface area contributed by atoms with Crippen LogP contribution in [0.15, 0.2) is 17.7 Å². The quantitative estimate of drug-likeness (QED) is 0.834. The van der Waals surface area contributed by atoms with Crippen molar-refractivity contribution in [3.05, 3.63) is 28.5 Å². The molecule has 2 aromatic rings. The first-order valence-electron chi connectivity index (χ1n) is 6.44. The van der Waals surface area contributed by atoms with Crippen molar-refractivity contribution < 1.29 is 9.90 Å². The molecule has 1 amide bonds. The molecule has 1 aliphatic rings. The molecule has 2 aromatic heterocycles. The van der Waals surface area contributed by atoms with E-state index in [4.69, 9.17) is 11.6 Å². The van der Waals surface area contributed by atoms with Crippen LogP contribution >= 0.6 is 34.7 Å². The molecular formula is C13H14ClN3O2S2. The zero-order valence-electron chi connectivity index (χ0n) is 11.1. The molecule has 0 bridgehead atoms. The predicted octanol–water partition coefficient (Wildman–Crippen LogP) is 2.05. The molecule has 112 valence electrons. The van der Waals surface area contributed by atoms with Gasteiger partial charge in [-0.25, -0.2) is 4.98 Å². The number of carbonyl (C=O) groups is 1. The Morgan fingerprint density at radius 3 is 3.29 bits per heavy atom. The fraction of sp³-hybridized carbons (Fsp3) is 0.385. The summed E-state index contributed by atoms with van der Waals surface area (Å²) >= 11 is 9.23. The van der Waals surface area contributed by atoms with E-state index in [-0.39, 0.29) is 12.5 Å². The van der Waals surface area contributed by atoms with Crippen molar-refractivity contribution in [2.75, 3.05) is 18.1 Å². The number of aromatic nitrogens is 2. The van der Waals surface area contributed by atoms with Gasteiger partial charge in [-0.15, -0.1) is 11.3 Å². The molecule has 1 aliphatic heterocycles. The maximum atomic E-state index is 11.8. The second-order valence-electron chi connectivity index (χ2n) is 4.92. The number of aliphatic hydroxyl groups is 1. The van der Waals surface area contributed by atoms with Gasteiger partial charge in [0.25, 0.3) is 0 Å². The molecule has 3 heterocycles. The minimum atomic E-state index is -0.775. The van der Waals surface area contributed by atoms with E-state index >= 15 is 0 Å². The highest BCUT2D eigenvalue weighted by Crippen LogP contribution is 2.27. The molecule has 1 saturated heterocycles. The third-order valence-corrected chi connectivity index (χ3v) is 5.59. The summed E-state index contributed by atoms with van der Waals surface area (Å²) in [5, 5.41) is 15.2. The Balaban J connectivity index is 1.64. The van der Waals surface area contributed by atoms with Gasteiger partial charge in [-0.2, -0.15) is 11.8 Å². The molecule has 1 fully saturated rings. The number of nitrogens with one attached hydrogen (secondary N) is 1. The molecule has 0 aliphatic carbocycles. The molecule has 0 aromatic carbocycles. The summed E-state index contributed by atoms with van der Waals surface area (Å²) in [6.45, 7) is 0.275. The predicted molar refractivity (Wildman–Crippen MR) is 87.0 cm³/mol. The van der Waals surface area contributed by atoms with Crippen molar-refractivity contribution >= 4 is 51.6 Å². The van der Waals surface area contributed by atoms with E-state index in [0.717, 1.165) is 10.7 Å². The van der Waals surface area contributed by atoms with Gasteiger partial charge < -0.3 is 10.4 Å². The first-order chi connectivity index (χ1) is 10.1. The number of thioether (sulfide) groups is 1. The van der Waals surface area contributed by atoms with Crippen LogP contribution in [0.3, 0.4) is 0 Å². The van der Waals surface area contributed by atoms with Gasteiger partial charge in [-0.05, 0) is 18.2 Å². The van der Waals surface area contributed by atoms with Gasteiger partial charge in [0.05, 0.1) is 11.3 Å². The van der Waals surface area contributed by atoms with Gasteiger partial charge in [0.2, 0.25) is 5.91 Å². The number of nitrogens with zero attached hydrogens (tertiary/aromatic N) is 2. The molecule has 21 heavy (non-hydrogen) atoms. The van der Waals surface area contributed by atoms with E-state index in [1.165, 1.54) is 17.4 Å². The molecule has 0 saturated carbocycles. The van der Waals surface area contributed by atoms with Gasteiger partial charge in [0, 0.05) is 30.0 Å². The summed E-state index contributed by atoms with van der Waals surface area (Å²) < 4.78 is 1.83. The maximum Gasteiger partial charge on any atom is 0.244 e. The number of carbonyl (C=O) groups excluding carboxylic acids is 1. The number of amides is 1. The van der Waals surface area contributed by atoms with Gasteiger partial charge in [0.1, 0.15) is 0 Å². The second-order valence-corrected chi connectivity index (χ2v) is 7.26. The van der Waals surface area contributed by atoms with E-state index < -0.39 is 5.60 Å². The summed E-state index contributed by atoms with van der Waals surface area (Å²) in [5.74, 6) is 1.35. The van der Waals surface area contributed by atoms with E-state index in [1.807, 2.05) is 16.0 Å². The lowest BCUT2D eigenvalue weighted by Gasteiger charge is -2.20. The lowest BCUT2D eigenvalue weighted by atomic mass is 10.0.